The van der Waals surface area contributed by atoms with Crippen molar-refractivity contribution in [3.05, 3.63) is 77.5 Å². The summed E-state index contributed by atoms with van der Waals surface area (Å²) in [5.41, 5.74) is 3.04. The maximum Gasteiger partial charge on any atom is 0.135 e. The Morgan fingerprint density at radius 3 is 2.30 bits per heavy atom. The van der Waals surface area contributed by atoms with Gasteiger partial charge in [-0.15, -0.1) is 0 Å². The van der Waals surface area contributed by atoms with Crippen LogP contribution in [0.15, 0.2) is 54.6 Å². The number of halogens is 2. The Morgan fingerprint density at radius 1 is 0.852 bits per heavy atom. The molecule has 3 nitrogen and oxygen atoms in total. The van der Waals surface area contributed by atoms with Crippen LogP contribution >= 0.6 is 0 Å². The molecule has 5 heteroatoms. The SMILES string of the molecule is Fc1cc(F)c2ccc(CN3CC4(CN(Cc5ccccc5)C4)C3)nc2c1. The Morgan fingerprint density at radius 2 is 1.56 bits per heavy atom. The maximum atomic E-state index is 13.8. The first-order valence-corrected chi connectivity index (χ1v) is 9.32. The molecule has 0 N–H and O–H groups in total. The van der Waals surface area contributed by atoms with Crippen molar-refractivity contribution >= 4 is 10.9 Å². The lowest BCUT2D eigenvalue weighted by Gasteiger charge is -2.60. The summed E-state index contributed by atoms with van der Waals surface area (Å²) in [5, 5.41) is 0.371. The highest BCUT2D eigenvalue weighted by atomic mass is 19.1. The summed E-state index contributed by atoms with van der Waals surface area (Å²) in [6.45, 7) is 6.16. The molecule has 138 valence electrons. The van der Waals surface area contributed by atoms with E-state index < -0.39 is 11.6 Å². The number of likely N-dealkylation sites (tertiary alicyclic amines) is 2. The molecule has 0 bridgehead atoms. The molecular formula is C22H21F2N3. The van der Waals surface area contributed by atoms with Gasteiger partial charge in [-0.25, -0.2) is 8.78 Å². The van der Waals surface area contributed by atoms with Crippen LogP contribution in [0.25, 0.3) is 10.9 Å². The number of fused-ring (bicyclic) bond motifs is 1. The first-order valence-electron chi connectivity index (χ1n) is 9.32. The molecule has 3 heterocycles. The van der Waals surface area contributed by atoms with Crippen molar-refractivity contribution in [2.24, 2.45) is 5.41 Å². The maximum absolute atomic E-state index is 13.8. The topological polar surface area (TPSA) is 19.4 Å². The van der Waals surface area contributed by atoms with E-state index in [0.29, 0.717) is 16.3 Å². The number of aromatic nitrogens is 1. The van der Waals surface area contributed by atoms with Crippen molar-refractivity contribution in [1.82, 2.24) is 14.8 Å². The number of hydrogen-bond donors (Lipinski definition) is 0. The Bertz CT molecular complexity index is 976. The molecule has 2 fully saturated rings. The standard InChI is InChI=1S/C22H21F2N3/c23-17-8-20(24)19-7-6-18(25-21(19)9-17)11-27-14-22(15-27)12-26(13-22)10-16-4-2-1-3-5-16/h1-9H,10-15H2. The van der Waals surface area contributed by atoms with Gasteiger partial charge in [-0.1, -0.05) is 30.3 Å². The minimum absolute atomic E-state index is 0.371. The summed E-state index contributed by atoms with van der Waals surface area (Å²) in [7, 11) is 0. The molecule has 0 aliphatic carbocycles. The lowest BCUT2D eigenvalue weighted by molar-refractivity contribution is -0.121. The van der Waals surface area contributed by atoms with E-state index in [0.717, 1.165) is 51.0 Å². The summed E-state index contributed by atoms with van der Waals surface area (Å²) in [5.74, 6) is -1.14. The number of pyridine rings is 1. The first-order chi connectivity index (χ1) is 13.1. The second kappa shape index (κ2) is 6.36. The van der Waals surface area contributed by atoms with Gasteiger partial charge in [-0.05, 0) is 17.7 Å². The zero-order chi connectivity index (χ0) is 18.4. The monoisotopic (exact) mass is 365 g/mol. The molecule has 2 aromatic carbocycles. The van der Waals surface area contributed by atoms with Crippen LogP contribution < -0.4 is 0 Å². The van der Waals surface area contributed by atoms with Crippen LogP contribution in [-0.2, 0) is 13.1 Å². The summed E-state index contributed by atoms with van der Waals surface area (Å²) in [4.78, 5) is 9.31. The van der Waals surface area contributed by atoms with E-state index in [4.69, 9.17) is 0 Å². The van der Waals surface area contributed by atoms with Crippen LogP contribution in [0.2, 0.25) is 0 Å². The van der Waals surface area contributed by atoms with E-state index in [1.54, 1.807) is 6.07 Å². The van der Waals surface area contributed by atoms with Gasteiger partial charge >= 0.3 is 0 Å². The smallest absolute Gasteiger partial charge is 0.135 e. The van der Waals surface area contributed by atoms with Crippen LogP contribution in [0.3, 0.4) is 0 Å². The van der Waals surface area contributed by atoms with E-state index in [-0.39, 0.29) is 0 Å². The fourth-order valence-electron chi connectivity index (χ4n) is 4.59. The fourth-order valence-corrected chi connectivity index (χ4v) is 4.59. The van der Waals surface area contributed by atoms with Crippen LogP contribution in [0, 0.1) is 17.0 Å². The predicted octanol–water partition coefficient (Wildman–Crippen LogP) is 3.83. The first kappa shape index (κ1) is 16.8. The lowest BCUT2D eigenvalue weighted by Crippen LogP contribution is -2.71. The minimum atomic E-state index is -0.583. The van der Waals surface area contributed by atoms with Crippen molar-refractivity contribution in [3.63, 3.8) is 0 Å². The highest BCUT2D eigenvalue weighted by Crippen LogP contribution is 2.40. The Hall–Kier alpha value is -2.37. The largest absolute Gasteiger partial charge is 0.298 e. The molecule has 2 saturated heterocycles. The van der Waals surface area contributed by atoms with Gasteiger partial charge in [0.2, 0.25) is 0 Å². The van der Waals surface area contributed by atoms with Crippen molar-refractivity contribution < 1.29 is 8.78 Å². The van der Waals surface area contributed by atoms with Gasteiger partial charge < -0.3 is 0 Å². The number of nitrogens with zero attached hydrogens (tertiary/aromatic N) is 3. The second-order valence-corrected chi connectivity index (χ2v) is 8.03. The van der Waals surface area contributed by atoms with Crippen molar-refractivity contribution in [3.8, 4) is 0 Å². The van der Waals surface area contributed by atoms with Crippen LogP contribution in [0.4, 0.5) is 8.78 Å². The van der Waals surface area contributed by atoms with Gasteiger partial charge in [0.1, 0.15) is 11.6 Å². The predicted molar refractivity (Wildman–Crippen MR) is 101 cm³/mol. The average Bonchev–Trinajstić information content (AvgIpc) is 2.58. The summed E-state index contributed by atoms with van der Waals surface area (Å²) in [6, 6.07) is 16.3. The third-order valence-electron chi connectivity index (χ3n) is 5.65. The number of benzene rings is 2. The van der Waals surface area contributed by atoms with E-state index in [1.165, 1.54) is 11.6 Å². The van der Waals surface area contributed by atoms with Gasteiger partial charge in [0, 0.05) is 62.2 Å². The van der Waals surface area contributed by atoms with Crippen LogP contribution in [-0.4, -0.2) is 41.0 Å². The molecule has 2 aliphatic heterocycles. The van der Waals surface area contributed by atoms with E-state index in [1.807, 2.05) is 6.07 Å². The Kier molecular flexibility index (Phi) is 3.95. The number of rotatable bonds is 4. The van der Waals surface area contributed by atoms with Gasteiger partial charge in [0.15, 0.2) is 0 Å². The van der Waals surface area contributed by atoms with E-state index in [9.17, 15) is 8.78 Å². The average molecular weight is 365 g/mol. The molecule has 27 heavy (non-hydrogen) atoms. The van der Waals surface area contributed by atoms with E-state index in [2.05, 4.69) is 45.1 Å². The normalized spacial score (nSPS) is 19.2. The van der Waals surface area contributed by atoms with Gasteiger partial charge in [-0.3, -0.25) is 14.8 Å². The third kappa shape index (κ3) is 3.22. The number of hydrogen-bond acceptors (Lipinski definition) is 3. The molecule has 0 saturated carbocycles. The molecule has 1 spiro atoms. The van der Waals surface area contributed by atoms with Crippen molar-refractivity contribution in [2.45, 2.75) is 13.1 Å². The molecule has 2 aliphatic rings. The highest BCUT2D eigenvalue weighted by Gasteiger charge is 2.51. The molecular weight excluding hydrogens is 344 g/mol. The summed E-state index contributed by atoms with van der Waals surface area (Å²) in [6.07, 6.45) is 0. The molecule has 0 unspecified atom stereocenters. The lowest BCUT2D eigenvalue weighted by atomic mass is 9.72. The molecule has 0 amide bonds. The zero-order valence-corrected chi connectivity index (χ0v) is 15.0. The summed E-state index contributed by atoms with van der Waals surface area (Å²) >= 11 is 0. The van der Waals surface area contributed by atoms with Gasteiger partial charge in [0.05, 0.1) is 11.2 Å². The Balaban J connectivity index is 1.17. The van der Waals surface area contributed by atoms with Gasteiger partial charge in [0.25, 0.3) is 0 Å². The Labute approximate surface area is 157 Å². The molecule has 5 rings (SSSR count). The molecule has 0 radical (unpaired) electrons. The van der Waals surface area contributed by atoms with Gasteiger partial charge in [-0.2, -0.15) is 0 Å². The quantitative estimate of drug-likeness (QED) is 0.701. The molecule has 3 aromatic rings. The summed E-state index contributed by atoms with van der Waals surface area (Å²) < 4.78 is 27.2. The molecule has 0 atom stereocenters. The highest BCUT2D eigenvalue weighted by molar-refractivity contribution is 5.79. The van der Waals surface area contributed by atoms with Crippen LogP contribution in [0.1, 0.15) is 11.3 Å². The van der Waals surface area contributed by atoms with Crippen molar-refractivity contribution in [1.29, 1.82) is 0 Å². The third-order valence-corrected chi connectivity index (χ3v) is 5.65. The molecule has 1 aromatic heterocycles. The minimum Gasteiger partial charge on any atom is -0.298 e. The fraction of sp³-hybridized carbons (Fsp3) is 0.318. The van der Waals surface area contributed by atoms with E-state index >= 15 is 0 Å². The zero-order valence-electron chi connectivity index (χ0n) is 15.0. The second-order valence-electron chi connectivity index (χ2n) is 8.03. The van der Waals surface area contributed by atoms with Crippen molar-refractivity contribution in [2.75, 3.05) is 26.2 Å². The van der Waals surface area contributed by atoms with Crippen LogP contribution in [0.5, 0.6) is 0 Å².